The quantitative estimate of drug-likeness (QED) is 0.775. The van der Waals surface area contributed by atoms with Gasteiger partial charge in [-0.05, 0) is 30.3 Å². The number of hydrogen-bond donors (Lipinski definition) is 1. The molecule has 0 spiro atoms. The summed E-state index contributed by atoms with van der Waals surface area (Å²) in [7, 11) is 0. The number of carboxylic acid groups (broad SMARTS) is 1. The highest BCUT2D eigenvalue weighted by Gasteiger charge is 2.19. The summed E-state index contributed by atoms with van der Waals surface area (Å²) in [6, 6.07) is 8.11. The van der Waals surface area contributed by atoms with Crippen LogP contribution in [0.15, 0.2) is 35.1 Å². The summed E-state index contributed by atoms with van der Waals surface area (Å²) in [6.45, 7) is 0. The van der Waals surface area contributed by atoms with Crippen LogP contribution in [0.2, 0.25) is 9.36 Å². The van der Waals surface area contributed by atoms with Crippen molar-refractivity contribution in [3.63, 3.8) is 0 Å². The zero-order valence-corrected chi connectivity index (χ0v) is 12.5. The number of hydrogen-bond acceptors (Lipinski definition) is 4. The molecule has 0 unspecified atom stereocenters. The molecule has 2 aromatic heterocycles. The van der Waals surface area contributed by atoms with Crippen LogP contribution in [0.1, 0.15) is 10.5 Å². The predicted octanol–water partition coefficient (Wildman–Crippen LogP) is 3.45. The van der Waals surface area contributed by atoms with E-state index in [0.29, 0.717) is 19.9 Å². The molecule has 0 amide bonds. The zero-order chi connectivity index (χ0) is 15.1. The summed E-state index contributed by atoms with van der Waals surface area (Å²) in [6.07, 6.45) is 0. The Morgan fingerprint density at radius 1 is 1.24 bits per heavy atom. The van der Waals surface area contributed by atoms with E-state index in [1.807, 2.05) is 0 Å². The lowest BCUT2D eigenvalue weighted by molar-refractivity contribution is 0.0687. The van der Waals surface area contributed by atoms with Crippen molar-refractivity contribution >= 4 is 50.7 Å². The van der Waals surface area contributed by atoms with Gasteiger partial charge >= 0.3 is 5.97 Å². The Bertz CT molecular complexity index is 916. The first-order valence-corrected chi connectivity index (χ1v) is 7.26. The Kier molecular flexibility index (Phi) is 3.44. The first kappa shape index (κ1) is 14.1. The van der Waals surface area contributed by atoms with Crippen molar-refractivity contribution in [1.82, 2.24) is 9.78 Å². The van der Waals surface area contributed by atoms with Crippen LogP contribution in [-0.2, 0) is 0 Å². The van der Waals surface area contributed by atoms with Crippen LogP contribution in [0.5, 0.6) is 0 Å². The predicted molar refractivity (Wildman–Crippen MR) is 82.2 cm³/mol. The second-order valence-corrected chi connectivity index (χ2v) is 6.24. The van der Waals surface area contributed by atoms with Gasteiger partial charge in [0.25, 0.3) is 0 Å². The van der Waals surface area contributed by atoms with Crippen LogP contribution in [-0.4, -0.2) is 20.9 Å². The lowest BCUT2D eigenvalue weighted by Crippen LogP contribution is -2.21. The number of nitrogens with zero attached hydrogens (tertiary/aromatic N) is 2. The van der Waals surface area contributed by atoms with Crippen molar-refractivity contribution in [2.45, 2.75) is 0 Å². The summed E-state index contributed by atoms with van der Waals surface area (Å²) in [5.41, 5.74) is -0.608. The number of rotatable bonds is 2. The molecule has 0 radical (unpaired) electrons. The second-order valence-electron chi connectivity index (χ2n) is 4.14. The van der Waals surface area contributed by atoms with E-state index in [1.54, 1.807) is 24.3 Å². The van der Waals surface area contributed by atoms with E-state index < -0.39 is 17.1 Å². The van der Waals surface area contributed by atoms with Gasteiger partial charge in [-0.25, -0.2) is 9.48 Å². The Morgan fingerprint density at radius 3 is 2.52 bits per heavy atom. The van der Waals surface area contributed by atoms with Crippen LogP contribution in [0.4, 0.5) is 0 Å². The highest BCUT2D eigenvalue weighted by atomic mass is 35.5. The summed E-state index contributed by atoms with van der Waals surface area (Å²) >= 11 is 12.9. The molecule has 2 heterocycles. The van der Waals surface area contributed by atoms with Crippen molar-refractivity contribution < 1.29 is 9.90 Å². The fourth-order valence-electron chi connectivity index (χ4n) is 1.89. The van der Waals surface area contributed by atoms with E-state index in [9.17, 15) is 9.59 Å². The van der Waals surface area contributed by atoms with Crippen molar-refractivity contribution in [1.29, 1.82) is 0 Å². The minimum absolute atomic E-state index is 0.229. The molecule has 0 bridgehead atoms. The SMILES string of the molecule is O=C(O)c1nn(-c2ccc(Cl)cc2)c2sc(Cl)cc2c1=O. The number of carboxylic acids is 1. The summed E-state index contributed by atoms with van der Waals surface area (Å²) in [5, 5.41) is 13.8. The van der Waals surface area contributed by atoms with Crippen molar-refractivity contribution in [3.05, 3.63) is 55.6 Å². The average molecular weight is 341 g/mol. The number of aromatic carboxylic acids is 1. The lowest BCUT2D eigenvalue weighted by Gasteiger charge is -2.08. The number of carbonyl (C=O) groups is 1. The molecule has 1 aromatic carbocycles. The minimum Gasteiger partial charge on any atom is -0.476 e. The monoisotopic (exact) mass is 340 g/mol. The molecule has 0 saturated heterocycles. The third kappa shape index (κ3) is 2.42. The molecule has 106 valence electrons. The van der Waals surface area contributed by atoms with E-state index in [0.717, 1.165) is 11.3 Å². The van der Waals surface area contributed by atoms with E-state index in [-0.39, 0.29) is 5.39 Å². The Balaban J connectivity index is 2.40. The maximum absolute atomic E-state index is 12.1. The second kappa shape index (κ2) is 5.14. The van der Waals surface area contributed by atoms with E-state index in [4.69, 9.17) is 28.3 Å². The zero-order valence-electron chi connectivity index (χ0n) is 10.2. The van der Waals surface area contributed by atoms with Gasteiger partial charge in [-0.3, -0.25) is 4.79 Å². The first-order chi connectivity index (χ1) is 9.97. The largest absolute Gasteiger partial charge is 0.476 e. The van der Waals surface area contributed by atoms with E-state index in [1.165, 1.54) is 10.7 Å². The van der Waals surface area contributed by atoms with Crippen LogP contribution < -0.4 is 5.43 Å². The standard InChI is InChI=1S/C13H6Cl2N2O3S/c14-6-1-3-7(4-2-6)17-12-8(5-9(15)21-12)11(18)10(16-17)13(19)20/h1-5H,(H,19,20). The third-order valence-corrected chi connectivity index (χ3v) is 4.30. The summed E-state index contributed by atoms with van der Waals surface area (Å²) in [4.78, 5) is 23.8. The van der Waals surface area contributed by atoms with Crippen molar-refractivity contribution in [2.75, 3.05) is 0 Å². The fourth-order valence-corrected chi connectivity index (χ4v) is 3.20. The normalized spacial score (nSPS) is 11.0. The number of fused-ring (bicyclic) bond motifs is 1. The minimum atomic E-state index is -1.38. The molecule has 0 aliphatic rings. The average Bonchev–Trinajstić information content (AvgIpc) is 2.82. The van der Waals surface area contributed by atoms with E-state index in [2.05, 4.69) is 5.10 Å². The maximum Gasteiger partial charge on any atom is 0.360 e. The lowest BCUT2D eigenvalue weighted by atomic mass is 10.2. The molecule has 0 aliphatic heterocycles. The van der Waals surface area contributed by atoms with Crippen molar-refractivity contribution in [3.8, 4) is 5.69 Å². The van der Waals surface area contributed by atoms with Gasteiger partial charge in [0.05, 0.1) is 15.4 Å². The van der Waals surface area contributed by atoms with Gasteiger partial charge in [-0.1, -0.05) is 23.2 Å². The van der Waals surface area contributed by atoms with Crippen LogP contribution in [0.3, 0.4) is 0 Å². The van der Waals surface area contributed by atoms with Crippen LogP contribution >= 0.6 is 34.5 Å². The molecule has 0 atom stereocenters. The molecular weight excluding hydrogens is 335 g/mol. The van der Waals surface area contributed by atoms with Gasteiger partial charge in [0.2, 0.25) is 11.1 Å². The number of halogens is 2. The molecule has 21 heavy (non-hydrogen) atoms. The summed E-state index contributed by atoms with van der Waals surface area (Å²) in [5.74, 6) is -1.38. The van der Waals surface area contributed by atoms with Gasteiger partial charge in [-0.2, -0.15) is 5.10 Å². The van der Waals surface area contributed by atoms with Crippen LogP contribution in [0, 0.1) is 0 Å². The molecule has 0 aliphatic carbocycles. The van der Waals surface area contributed by atoms with Gasteiger partial charge in [0.15, 0.2) is 0 Å². The molecule has 1 N–H and O–H groups in total. The topological polar surface area (TPSA) is 72.2 Å². The highest BCUT2D eigenvalue weighted by Crippen LogP contribution is 2.29. The Labute approximate surface area is 132 Å². The maximum atomic E-state index is 12.1. The molecule has 8 heteroatoms. The molecule has 0 saturated carbocycles. The highest BCUT2D eigenvalue weighted by molar-refractivity contribution is 7.22. The molecule has 0 fully saturated rings. The summed E-state index contributed by atoms with van der Waals surface area (Å²) < 4.78 is 1.77. The van der Waals surface area contributed by atoms with Crippen LogP contribution in [0.25, 0.3) is 15.9 Å². The smallest absolute Gasteiger partial charge is 0.360 e. The molecule has 3 aromatic rings. The van der Waals surface area contributed by atoms with Crippen molar-refractivity contribution in [2.24, 2.45) is 0 Å². The van der Waals surface area contributed by atoms with Gasteiger partial charge in [-0.15, -0.1) is 11.3 Å². The molecular formula is C13H6Cl2N2O3S. The third-order valence-electron chi connectivity index (χ3n) is 2.81. The molecule has 5 nitrogen and oxygen atoms in total. The van der Waals surface area contributed by atoms with Gasteiger partial charge < -0.3 is 5.11 Å². The van der Waals surface area contributed by atoms with Gasteiger partial charge in [0, 0.05) is 5.02 Å². The number of benzene rings is 1. The number of thiophene rings is 1. The van der Waals surface area contributed by atoms with Gasteiger partial charge in [0.1, 0.15) is 4.83 Å². The Morgan fingerprint density at radius 2 is 1.90 bits per heavy atom. The van der Waals surface area contributed by atoms with E-state index >= 15 is 0 Å². The molecule has 3 rings (SSSR count). The first-order valence-electron chi connectivity index (χ1n) is 5.69. The number of aromatic nitrogens is 2. The Hall–Kier alpha value is -1.89. The fraction of sp³-hybridized carbons (Fsp3) is 0.